The predicted octanol–water partition coefficient (Wildman–Crippen LogP) is 5.86. The fraction of sp³-hybridized carbons (Fsp3) is 0.0476. The van der Waals surface area contributed by atoms with Gasteiger partial charge in [-0.2, -0.15) is 0 Å². The van der Waals surface area contributed by atoms with Crippen molar-refractivity contribution in [3.8, 4) is 11.4 Å². The van der Waals surface area contributed by atoms with Gasteiger partial charge in [-0.25, -0.2) is 0 Å². The van der Waals surface area contributed by atoms with Crippen LogP contribution in [-0.4, -0.2) is 4.57 Å². The summed E-state index contributed by atoms with van der Waals surface area (Å²) in [5.41, 5.74) is 3.34. The topological polar surface area (TPSA) is 14.2 Å². The average Bonchev–Trinajstić information content (AvgIpc) is 3.04. The van der Waals surface area contributed by atoms with Crippen molar-refractivity contribution in [3.05, 3.63) is 95.6 Å². The van der Waals surface area contributed by atoms with Gasteiger partial charge < -0.3 is 9.30 Å². The Hall–Kier alpha value is -2.71. The quantitative estimate of drug-likeness (QED) is 0.456. The van der Waals surface area contributed by atoms with Gasteiger partial charge in [0, 0.05) is 22.3 Å². The Kier molecular flexibility index (Phi) is 3.97. The Morgan fingerprint density at radius 2 is 1.71 bits per heavy atom. The summed E-state index contributed by atoms with van der Waals surface area (Å²) >= 11 is 6.10. The summed E-state index contributed by atoms with van der Waals surface area (Å²) in [5, 5.41) is 1.87. The van der Waals surface area contributed by atoms with Gasteiger partial charge in [-0.05, 0) is 48.0 Å². The summed E-state index contributed by atoms with van der Waals surface area (Å²) in [6.07, 6.45) is 2.05. The molecule has 0 fully saturated rings. The molecule has 3 aromatic carbocycles. The predicted molar refractivity (Wildman–Crippen MR) is 99.1 cm³/mol. The molecule has 0 bridgehead atoms. The third-order valence-electron chi connectivity index (χ3n) is 4.00. The number of ether oxygens (including phenoxy) is 1. The molecule has 0 saturated heterocycles. The second-order valence-corrected chi connectivity index (χ2v) is 6.10. The minimum atomic E-state index is 0.571. The lowest BCUT2D eigenvalue weighted by molar-refractivity contribution is 0.306. The van der Waals surface area contributed by atoms with Crippen molar-refractivity contribution in [1.82, 2.24) is 4.57 Å². The fourth-order valence-electron chi connectivity index (χ4n) is 2.80. The monoisotopic (exact) mass is 333 g/mol. The zero-order valence-electron chi connectivity index (χ0n) is 13.0. The van der Waals surface area contributed by atoms with Crippen LogP contribution in [0.3, 0.4) is 0 Å². The molecule has 1 aromatic heterocycles. The summed E-state index contributed by atoms with van der Waals surface area (Å²) in [6.45, 7) is 0.571. The summed E-state index contributed by atoms with van der Waals surface area (Å²) < 4.78 is 8.03. The van der Waals surface area contributed by atoms with Gasteiger partial charge in [0.15, 0.2) is 0 Å². The summed E-state index contributed by atoms with van der Waals surface area (Å²) in [7, 11) is 0. The molecule has 1 heterocycles. The molecule has 4 rings (SSSR count). The normalized spacial score (nSPS) is 10.9. The molecular weight excluding hydrogens is 318 g/mol. The fourth-order valence-corrected chi connectivity index (χ4v) is 2.99. The second-order valence-electron chi connectivity index (χ2n) is 5.66. The van der Waals surface area contributed by atoms with Crippen LogP contribution in [0.4, 0.5) is 0 Å². The van der Waals surface area contributed by atoms with Crippen LogP contribution in [0.5, 0.6) is 5.75 Å². The molecule has 0 spiro atoms. The maximum absolute atomic E-state index is 6.10. The van der Waals surface area contributed by atoms with Crippen LogP contribution in [-0.2, 0) is 6.61 Å². The van der Waals surface area contributed by atoms with Gasteiger partial charge in [0.2, 0.25) is 0 Å². The lowest BCUT2D eigenvalue weighted by Crippen LogP contribution is -1.95. The van der Waals surface area contributed by atoms with Gasteiger partial charge >= 0.3 is 0 Å². The molecule has 0 aliphatic heterocycles. The van der Waals surface area contributed by atoms with Crippen LogP contribution in [0.15, 0.2) is 85.1 Å². The highest BCUT2D eigenvalue weighted by molar-refractivity contribution is 6.30. The molecule has 0 aliphatic carbocycles. The Morgan fingerprint density at radius 3 is 2.54 bits per heavy atom. The van der Waals surface area contributed by atoms with Crippen molar-refractivity contribution >= 4 is 22.5 Å². The van der Waals surface area contributed by atoms with Gasteiger partial charge in [0.25, 0.3) is 0 Å². The zero-order valence-corrected chi connectivity index (χ0v) is 13.8. The van der Waals surface area contributed by atoms with E-state index in [0.717, 1.165) is 32.9 Å². The largest absolute Gasteiger partial charge is 0.489 e. The summed E-state index contributed by atoms with van der Waals surface area (Å²) in [4.78, 5) is 0. The SMILES string of the molecule is Clc1cccc(-n2ccc3cc(OCc4ccccc4)ccc32)c1. The lowest BCUT2D eigenvalue weighted by Gasteiger charge is -2.08. The van der Waals surface area contributed by atoms with Crippen molar-refractivity contribution < 1.29 is 4.74 Å². The van der Waals surface area contributed by atoms with Crippen LogP contribution in [0, 0.1) is 0 Å². The number of nitrogens with zero attached hydrogens (tertiary/aromatic N) is 1. The molecule has 24 heavy (non-hydrogen) atoms. The molecule has 0 atom stereocenters. The van der Waals surface area contributed by atoms with E-state index >= 15 is 0 Å². The smallest absolute Gasteiger partial charge is 0.120 e. The number of benzene rings is 3. The first-order valence-electron chi connectivity index (χ1n) is 7.83. The highest BCUT2D eigenvalue weighted by Gasteiger charge is 2.05. The van der Waals surface area contributed by atoms with Crippen molar-refractivity contribution in [2.75, 3.05) is 0 Å². The molecule has 3 heteroatoms. The maximum atomic E-state index is 6.10. The minimum absolute atomic E-state index is 0.571. The standard InChI is InChI=1S/C21H16ClNO/c22-18-7-4-8-19(14-18)23-12-11-17-13-20(9-10-21(17)23)24-15-16-5-2-1-3-6-16/h1-14H,15H2. The Bertz CT molecular complexity index is 975. The molecule has 0 saturated carbocycles. The third kappa shape index (κ3) is 3.01. The number of halogens is 1. The van der Waals surface area contributed by atoms with Crippen LogP contribution in [0.2, 0.25) is 5.02 Å². The van der Waals surface area contributed by atoms with Crippen LogP contribution in [0.25, 0.3) is 16.6 Å². The van der Waals surface area contributed by atoms with Gasteiger partial charge in [-0.3, -0.25) is 0 Å². The van der Waals surface area contributed by atoms with Crippen molar-refractivity contribution in [1.29, 1.82) is 0 Å². The van der Waals surface area contributed by atoms with E-state index in [1.165, 1.54) is 0 Å². The highest BCUT2D eigenvalue weighted by atomic mass is 35.5. The Balaban J connectivity index is 1.61. The summed E-state index contributed by atoms with van der Waals surface area (Å²) in [6, 6.07) is 26.3. The highest BCUT2D eigenvalue weighted by Crippen LogP contribution is 2.26. The number of rotatable bonds is 4. The summed E-state index contributed by atoms with van der Waals surface area (Å²) in [5.74, 6) is 0.871. The van der Waals surface area contributed by atoms with E-state index in [2.05, 4.69) is 41.1 Å². The van der Waals surface area contributed by atoms with E-state index in [1.54, 1.807) is 0 Å². The number of aromatic nitrogens is 1. The molecule has 4 aromatic rings. The molecule has 2 nitrogen and oxygen atoms in total. The van der Waals surface area contributed by atoms with E-state index in [1.807, 2.05) is 48.5 Å². The van der Waals surface area contributed by atoms with Crippen LogP contribution >= 0.6 is 11.6 Å². The third-order valence-corrected chi connectivity index (χ3v) is 4.23. The van der Waals surface area contributed by atoms with E-state index in [-0.39, 0.29) is 0 Å². The van der Waals surface area contributed by atoms with E-state index in [0.29, 0.717) is 6.61 Å². The van der Waals surface area contributed by atoms with Gasteiger partial charge in [-0.1, -0.05) is 48.0 Å². The second kappa shape index (κ2) is 6.42. The van der Waals surface area contributed by atoms with E-state index in [4.69, 9.17) is 16.3 Å². The van der Waals surface area contributed by atoms with Crippen LogP contribution < -0.4 is 4.74 Å². The first kappa shape index (κ1) is 14.9. The molecule has 0 unspecified atom stereocenters. The van der Waals surface area contributed by atoms with Gasteiger partial charge in [0.1, 0.15) is 12.4 Å². The van der Waals surface area contributed by atoms with Gasteiger partial charge in [0.05, 0.1) is 5.52 Å². The van der Waals surface area contributed by atoms with Crippen molar-refractivity contribution in [2.24, 2.45) is 0 Å². The molecule has 0 radical (unpaired) electrons. The minimum Gasteiger partial charge on any atom is -0.489 e. The maximum Gasteiger partial charge on any atom is 0.120 e. The van der Waals surface area contributed by atoms with Crippen molar-refractivity contribution in [2.45, 2.75) is 6.61 Å². The number of fused-ring (bicyclic) bond motifs is 1. The average molecular weight is 334 g/mol. The van der Waals surface area contributed by atoms with E-state index in [9.17, 15) is 0 Å². The number of hydrogen-bond donors (Lipinski definition) is 0. The van der Waals surface area contributed by atoms with E-state index < -0.39 is 0 Å². The molecule has 0 aliphatic rings. The zero-order chi connectivity index (χ0) is 16.4. The Labute approximate surface area is 145 Å². The molecule has 118 valence electrons. The Morgan fingerprint density at radius 1 is 0.833 bits per heavy atom. The van der Waals surface area contributed by atoms with Crippen LogP contribution in [0.1, 0.15) is 5.56 Å². The molecular formula is C21H16ClNO. The molecule has 0 amide bonds. The van der Waals surface area contributed by atoms with Gasteiger partial charge in [-0.15, -0.1) is 0 Å². The number of hydrogen-bond acceptors (Lipinski definition) is 1. The molecule has 0 N–H and O–H groups in total. The lowest BCUT2D eigenvalue weighted by atomic mass is 10.2. The van der Waals surface area contributed by atoms with Crippen molar-refractivity contribution in [3.63, 3.8) is 0 Å². The first-order chi connectivity index (χ1) is 11.8. The first-order valence-corrected chi connectivity index (χ1v) is 8.21.